The number of amides is 2. The van der Waals surface area contributed by atoms with Gasteiger partial charge in [-0.1, -0.05) is 18.2 Å². The number of carbonyl (C=O) groups is 2. The molecule has 7 heteroatoms. The summed E-state index contributed by atoms with van der Waals surface area (Å²) in [4.78, 5) is 31.1. The number of nitrogens with one attached hydrogen (secondary N) is 1. The highest BCUT2D eigenvalue weighted by Gasteiger charge is 2.31. The third-order valence-corrected chi connectivity index (χ3v) is 5.43. The average Bonchev–Trinajstić information content (AvgIpc) is 3.13. The van der Waals surface area contributed by atoms with Gasteiger partial charge in [-0.05, 0) is 18.1 Å². The number of anilines is 1. The van der Waals surface area contributed by atoms with Gasteiger partial charge in [-0.25, -0.2) is 0 Å². The smallest absolute Gasteiger partial charge is 0.253 e. The first kappa shape index (κ1) is 17.5. The first-order valence-corrected chi connectivity index (χ1v) is 9.44. The molecule has 3 aliphatic heterocycles. The molecule has 1 unspecified atom stereocenters. The van der Waals surface area contributed by atoms with Crippen molar-refractivity contribution in [3.8, 4) is 0 Å². The van der Waals surface area contributed by atoms with Crippen molar-refractivity contribution >= 4 is 17.5 Å². The van der Waals surface area contributed by atoms with E-state index in [2.05, 4.69) is 16.3 Å². The Morgan fingerprint density at radius 2 is 1.92 bits per heavy atom. The van der Waals surface area contributed by atoms with Gasteiger partial charge in [0.05, 0.1) is 13.2 Å². The molecule has 0 saturated carbocycles. The Morgan fingerprint density at radius 1 is 1.12 bits per heavy atom. The maximum Gasteiger partial charge on any atom is 0.253 e. The Bertz CT molecular complexity index is 667. The molecule has 2 fully saturated rings. The van der Waals surface area contributed by atoms with Crippen LogP contribution in [-0.2, 0) is 20.7 Å². The second-order valence-electron chi connectivity index (χ2n) is 7.09. The highest BCUT2D eigenvalue weighted by molar-refractivity contribution is 5.96. The highest BCUT2D eigenvalue weighted by atomic mass is 16.5. The predicted molar refractivity (Wildman–Crippen MR) is 98.1 cm³/mol. The summed E-state index contributed by atoms with van der Waals surface area (Å²) in [5.41, 5.74) is 2.30. The summed E-state index contributed by atoms with van der Waals surface area (Å²) in [6.45, 7) is 5.93. The average molecular weight is 358 g/mol. The van der Waals surface area contributed by atoms with Crippen molar-refractivity contribution in [2.45, 2.75) is 12.5 Å². The number of para-hydroxylation sites is 1. The zero-order chi connectivity index (χ0) is 17.9. The van der Waals surface area contributed by atoms with Crippen LogP contribution in [0.3, 0.4) is 0 Å². The lowest BCUT2D eigenvalue weighted by molar-refractivity contribution is -0.147. The number of fused-ring (bicyclic) bond motifs is 1. The molecule has 7 nitrogen and oxygen atoms in total. The summed E-state index contributed by atoms with van der Waals surface area (Å²) < 4.78 is 5.56. The van der Waals surface area contributed by atoms with Gasteiger partial charge in [-0.15, -0.1) is 0 Å². The van der Waals surface area contributed by atoms with Crippen LogP contribution in [-0.4, -0.2) is 86.7 Å². The van der Waals surface area contributed by atoms with E-state index in [1.54, 1.807) is 0 Å². The summed E-state index contributed by atoms with van der Waals surface area (Å²) >= 11 is 0. The van der Waals surface area contributed by atoms with Gasteiger partial charge in [-0.3, -0.25) is 14.5 Å². The van der Waals surface area contributed by atoms with Crippen LogP contribution >= 0.6 is 0 Å². The molecule has 1 N–H and O–H groups in total. The first-order valence-electron chi connectivity index (χ1n) is 9.44. The number of piperazine rings is 1. The monoisotopic (exact) mass is 358 g/mol. The maximum atomic E-state index is 12.7. The molecule has 0 aromatic heterocycles. The molecule has 3 heterocycles. The SMILES string of the molecule is O=C(C1CNCCO1)N1CCN(CC(=O)N2CCc3ccccc32)CC1. The normalized spacial score (nSPS) is 23.8. The van der Waals surface area contributed by atoms with Crippen LogP contribution in [0.15, 0.2) is 24.3 Å². The number of nitrogens with zero attached hydrogens (tertiary/aromatic N) is 3. The molecule has 0 bridgehead atoms. The van der Waals surface area contributed by atoms with Crippen LogP contribution in [0.1, 0.15) is 5.56 Å². The third kappa shape index (κ3) is 3.60. The van der Waals surface area contributed by atoms with E-state index in [-0.39, 0.29) is 17.9 Å². The number of benzene rings is 1. The molecule has 0 radical (unpaired) electrons. The van der Waals surface area contributed by atoms with Crippen molar-refractivity contribution in [3.05, 3.63) is 29.8 Å². The second-order valence-corrected chi connectivity index (χ2v) is 7.09. The summed E-state index contributed by atoms with van der Waals surface area (Å²) in [5.74, 6) is 0.214. The number of ether oxygens (including phenoxy) is 1. The molecule has 26 heavy (non-hydrogen) atoms. The van der Waals surface area contributed by atoms with Gasteiger partial charge < -0.3 is 19.9 Å². The molecule has 3 aliphatic rings. The Balaban J connectivity index is 1.27. The number of carbonyl (C=O) groups excluding carboxylic acids is 2. The molecule has 1 aromatic carbocycles. The Labute approximate surface area is 153 Å². The minimum absolute atomic E-state index is 0.0663. The second kappa shape index (κ2) is 7.73. The quantitative estimate of drug-likeness (QED) is 0.804. The molecule has 4 rings (SSSR count). The summed E-state index contributed by atoms with van der Waals surface area (Å²) in [6, 6.07) is 8.12. The summed E-state index contributed by atoms with van der Waals surface area (Å²) in [7, 11) is 0. The van der Waals surface area contributed by atoms with Crippen molar-refractivity contribution in [2.75, 3.05) is 63.9 Å². The van der Waals surface area contributed by atoms with Crippen molar-refractivity contribution in [2.24, 2.45) is 0 Å². The van der Waals surface area contributed by atoms with Gasteiger partial charge in [-0.2, -0.15) is 0 Å². The molecule has 0 spiro atoms. The number of rotatable bonds is 3. The molecular formula is C19H26N4O3. The zero-order valence-corrected chi connectivity index (χ0v) is 15.0. The van der Waals surface area contributed by atoms with Crippen LogP contribution in [0.5, 0.6) is 0 Å². The van der Waals surface area contributed by atoms with Crippen LogP contribution in [0.25, 0.3) is 0 Å². The van der Waals surface area contributed by atoms with E-state index < -0.39 is 0 Å². The molecular weight excluding hydrogens is 332 g/mol. The standard InChI is InChI=1S/C19H26N4O3/c24-18(23-7-5-15-3-1-2-4-16(15)23)14-21-8-10-22(11-9-21)19(25)17-13-20-6-12-26-17/h1-4,17,20H,5-14H2. The number of hydrogen-bond donors (Lipinski definition) is 1. The fourth-order valence-corrected chi connectivity index (χ4v) is 3.93. The zero-order valence-electron chi connectivity index (χ0n) is 15.0. The van der Waals surface area contributed by atoms with Crippen molar-refractivity contribution in [1.29, 1.82) is 0 Å². The molecule has 2 amide bonds. The van der Waals surface area contributed by atoms with Crippen LogP contribution in [0, 0.1) is 0 Å². The van der Waals surface area contributed by atoms with Gasteiger partial charge in [0.1, 0.15) is 6.10 Å². The van der Waals surface area contributed by atoms with Crippen molar-refractivity contribution in [1.82, 2.24) is 15.1 Å². The van der Waals surface area contributed by atoms with Gasteiger partial charge in [0, 0.05) is 51.5 Å². The largest absolute Gasteiger partial charge is 0.366 e. The lowest BCUT2D eigenvalue weighted by Crippen LogP contribution is -2.56. The minimum atomic E-state index is -0.363. The third-order valence-electron chi connectivity index (χ3n) is 5.43. The number of hydrogen-bond acceptors (Lipinski definition) is 5. The van der Waals surface area contributed by atoms with Gasteiger partial charge in [0.15, 0.2) is 0 Å². The van der Waals surface area contributed by atoms with E-state index in [0.717, 1.165) is 38.3 Å². The number of morpholine rings is 1. The minimum Gasteiger partial charge on any atom is -0.366 e. The summed E-state index contributed by atoms with van der Waals surface area (Å²) in [5, 5.41) is 3.20. The van der Waals surface area contributed by atoms with Gasteiger partial charge in [0.2, 0.25) is 5.91 Å². The van der Waals surface area contributed by atoms with Crippen molar-refractivity contribution in [3.63, 3.8) is 0 Å². The maximum absolute atomic E-state index is 12.7. The topological polar surface area (TPSA) is 65.1 Å². The van der Waals surface area contributed by atoms with E-state index in [1.807, 2.05) is 28.0 Å². The highest BCUT2D eigenvalue weighted by Crippen LogP contribution is 2.27. The fraction of sp³-hybridized carbons (Fsp3) is 0.579. The molecule has 1 atom stereocenters. The van der Waals surface area contributed by atoms with Crippen LogP contribution < -0.4 is 10.2 Å². The van der Waals surface area contributed by atoms with Gasteiger partial charge in [0.25, 0.3) is 5.91 Å². The lowest BCUT2D eigenvalue weighted by atomic mass is 10.2. The Morgan fingerprint density at radius 3 is 2.69 bits per heavy atom. The van der Waals surface area contributed by atoms with E-state index in [4.69, 9.17) is 4.74 Å². The van der Waals surface area contributed by atoms with E-state index in [0.29, 0.717) is 32.8 Å². The molecule has 1 aromatic rings. The van der Waals surface area contributed by atoms with Crippen LogP contribution in [0.4, 0.5) is 5.69 Å². The lowest BCUT2D eigenvalue weighted by Gasteiger charge is -2.37. The van der Waals surface area contributed by atoms with Gasteiger partial charge >= 0.3 is 0 Å². The molecule has 140 valence electrons. The van der Waals surface area contributed by atoms with Crippen molar-refractivity contribution < 1.29 is 14.3 Å². The fourth-order valence-electron chi connectivity index (χ4n) is 3.93. The Kier molecular flexibility index (Phi) is 5.19. The Hall–Kier alpha value is -1.96. The summed E-state index contributed by atoms with van der Waals surface area (Å²) in [6.07, 6.45) is 0.567. The first-order chi connectivity index (χ1) is 12.7. The molecule has 2 saturated heterocycles. The van der Waals surface area contributed by atoms with E-state index in [1.165, 1.54) is 5.56 Å². The molecule has 0 aliphatic carbocycles. The van der Waals surface area contributed by atoms with E-state index >= 15 is 0 Å². The van der Waals surface area contributed by atoms with Crippen LogP contribution in [0.2, 0.25) is 0 Å². The van der Waals surface area contributed by atoms with E-state index in [9.17, 15) is 9.59 Å². The predicted octanol–water partition coefficient (Wildman–Crippen LogP) is -0.292.